The molecule has 0 radical (unpaired) electrons. The van der Waals surface area contributed by atoms with Crippen LogP contribution in [0.4, 0.5) is 0 Å². The molecule has 1 heteroatoms. The van der Waals surface area contributed by atoms with Gasteiger partial charge in [-0.3, -0.25) is 0 Å². The molecule has 0 aliphatic heterocycles. The zero-order valence-corrected chi connectivity index (χ0v) is 6.48. The minimum absolute atomic E-state index is 0.504. The van der Waals surface area contributed by atoms with Crippen molar-refractivity contribution in [1.82, 2.24) is 0 Å². The average Bonchev–Trinajstić information content (AvgIpc) is 2.28. The molecule has 2 N–H and O–H groups in total. The van der Waals surface area contributed by atoms with Gasteiger partial charge in [0.1, 0.15) is 0 Å². The molecule has 0 atom stereocenters. The van der Waals surface area contributed by atoms with Crippen molar-refractivity contribution in [1.29, 1.82) is 0 Å². The second kappa shape index (κ2) is 4.56. The summed E-state index contributed by atoms with van der Waals surface area (Å²) in [6.45, 7) is 0. The molecule has 0 saturated carbocycles. The molecule has 1 aliphatic rings. The Hall–Kier alpha value is -1.24. The van der Waals surface area contributed by atoms with Crippen LogP contribution in [0, 0.1) is 5.92 Å². The summed E-state index contributed by atoms with van der Waals surface area (Å²) in [7, 11) is 0. The maximum absolute atomic E-state index is 5.24. The van der Waals surface area contributed by atoms with Gasteiger partial charge in [-0.1, -0.05) is 42.5 Å². The molecule has 1 rings (SSSR count). The van der Waals surface area contributed by atoms with E-state index in [0.717, 1.165) is 6.42 Å². The topological polar surface area (TPSA) is 26.0 Å². The van der Waals surface area contributed by atoms with Crippen LogP contribution in [0.5, 0.6) is 0 Å². The minimum Gasteiger partial charge on any atom is -0.405 e. The summed E-state index contributed by atoms with van der Waals surface area (Å²) in [5.74, 6) is 0.504. The summed E-state index contributed by atoms with van der Waals surface area (Å²) in [6.07, 6.45) is 17.1. The molecule has 0 spiro atoms. The van der Waals surface area contributed by atoms with Crippen LogP contribution in [-0.2, 0) is 0 Å². The molecule has 0 fully saturated rings. The maximum atomic E-state index is 5.24. The van der Waals surface area contributed by atoms with Crippen LogP contribution < -0.4 is 5.73 Å². The minimum atomic E-state index is 0.504. The van der Waals surface area contributed by atoms with Gasteiger partial charge in [0.2, 0.25) is 0 Å². The Morgan fingerprint density at radius 2 is 1.73 bits per heavy atom. The number of hydrogen-bond donors (Lipinski definition) is 1. The van der Waals surface area contributed by atoms with Crippen LogP contribution in [0.2, 0.25) is 0 Å². The van der Waals surface area contributed by atoms with E-state index in [4.69, 9.17) is 5.73 Å². The predicted molar refractivity (Wildman–Crippen MR) is 48.9 cm³/mol. The number of rotatable bonds is 2. The SMILES string of the molecule is N/C=C\CC1C=CC=CC=C1. The highest BCUT2D eigenvalue weighted by Gasteiger charge is 1.96. The van der Waals surface area contributed by atoms with Crippen molar-refractivity contribution in [3.8, 4) is 0 Å². The summed E-state index contributed by atoms with van der Waals surface area (Å²) < 4.78 is 0. The van der Waals surface area contributed by atoms with Crippen molar-refractivity contribution in [2.24, 2.45) is 11.7 Å². The van der Waals surface area contributed by atoms with Crippen molar-refractivity contribution < 1.29 is 0 Å². The fraction of sp³-hybridized carbons (Fsp3) is 0.200. The first-order valence-corrected chi connectivity index (χ1v) is 3.82. The van der Waals surface area contributed by atoms with E-state index in [1.54, 1.807) is 6.20 Å². The molecule has 0 bridgehead atoms. The molecule has 1 nitrogen and oxygen atoms in total. The normalized spacial score (nSPS) is 17.8. The van der Waals surface area contributed by atoms with Gasteiger partial charge in [-0.15, -0.1) is 0 Å². The van der Waals surface area contributed by atoms with E-state index in [2.05, 4.69) is 24.3 Å². The van der Waals surface area contributed by atoms with E-state index in [0.29, 0.717) is 5.92 Å². The Balaban J connectivity index is 2.46. The fourth-order valence-corrected chi connectivity index (χ4v) is 0.999. The molecule has 1 aliphatic carbocycles. The standard InChI is InChI=1S/C10H13N/c11-9-5-8-10-6-3-1-2-4-7-10/h1-7,9-10H,8,11H2/b9-5-. The molecular weight excluding hydrogens is 134 g/mol. The number of nitrogens with two attached hydrogens (primary N) is 1. The van der Waals surface area contributed by atoms with Gasteiger partial charge in [0, 0.05) is 0 Å². The zero-order chi connectivity index (χ0) is 7.94. The van der Waals surface area contributed by atoms with Crippen LogP contribution >= 0.6 is 0 Å². The molecule has 0 aromatic carbocycles. The van der Waals surface area contributed by atoms with Gasteiger partial charge < -0.3 is 5.73 Å². The Morgan fingerprint density at radius 3 is 2.27 bits per heavy atom. The predicted octanol–water partition coefficient (Wildman–Crippen LogP) is 2.15. The van der Waals surface area contributed by atoms with Gasteiger partial charge in [-0.2, -0.15) is 0 Å². The van der Waals surface area contributed by atoms with Crippen LogP contribution in [0.3, 0.4) is 0 Å². The van der Waals surface area contributed by atoms with E-state index in [-0.39, 0.29) is 0 Å². The zero-order valence-electron chi connectivity index (χ0n) is 6.48. The molecule has 0 amide bonds. The lowest BCUT2D eigenvalue weighted by molar-refractivity contribution is 0.832. The third-order valence-corrected chi connectivity index (χ3v) is 1.59. The molecular formula is C10H13N. The maximum Gasteiger partial charge on any atom is -0.00121 e. The second-order valence-corrected chi connectivity index (χ2v) is 2.48. The average molecular weight is 147 g/mol. The molecule has 0 aromatic rings. The van der Waals surface area contributed by atoms with E-state index >= 15 is 0 Å². The van der Waals surface area contributed by atoms with Crippen LogP contribution in [-0.4, -0.2) is 0 Å². The molecule has 11 heavy (non-hydrogen) atoms. The molecule has 0 heterocycles. The van der Waals surface area contributed by atoms with Gasteiger partial charge in [-0.25, -0.2) is 0 Å². The second-order valence-electron chi connectivity index (χ2n) is 2.48. The van der Waals surface area contributed by atoms with Crippen molar-refractivity contribution in [3.63, 3.8) is 0 Å². The molecule has 0 saturated heterocycles. The van der Waals surface area contributed by atoms with Crippen molar-refractivity contribution in [3.05, 3.63) is 48.7 Å². The lowest BCUT2D eigenvalue weighted by Gasteiger charge is -2.00. The number of hydrogen-bond acceptors (Lipinski definition) is 1. The third kappa shape index (κ3) is 2.89. The van der Waals surface area contributed by atoms with Crippen molar-refractivity contribution >= 4 is 0 Å². The molecule has 58 valence electrons. The first-order chi connectivity index (χ1) is 5.43. The summed E-state index contributed by atoms with van der Waals surface area (Å²) in [6, 6.07) is 0. The Kier molecular flexibility index (Phi) is 3.26. The largest absolute Gasteiger partial charge is 0.405 e. The first-order valence-electron chi connectivity index (χ1n) is 3.82. The Morgan fingerprint density at radius 1 is 1.09 bits per heavy atom. The summed E-state index contributed by atoms with van der Waals surface area (Å²) >= 11 is 0. The van der Waals surface area contributed by atoms with E-state index in [1.807, 2.05) is 18.2 Å². The highest BCUT2D eigenvalue weighted by Crippen LogP contribution is 2.10. The smallest absolute Gasteiger partial charge is 0.00121 e. The molecule has 0 unspecified atom stereocenters. The first kappa shape index (κ1) is 7.86. The highest BCUT2D eigenvalue weighted by atomic mass is 14.5. The van der Waals surface area contributed by atoms with E-state index in [1.165, 1.54) is 0 Å². The molecule has 0 aromatic heterocycles. The summed E-state index contributed by atoms with van der Waals surface area (Å²) in [4.78, 5) is 0. The van der Waals surface area contributed by atoms with Crippen molar-refractivity contribution in [2.45, 2.75) is 6.42 Å². The monoisotopic (exact) mass is 147 g/mol. The van der Waals surface area contributed by atoms with Gasteiger partial charge in [0.25, 0.3) is 0 Å². The highest BCUT2D eigenvalue weighted by molar-refractivity contribution is 5.19. The van der Waals surface area contributed by atoms with E-state index < -0.39 is 0 Å². The summed E-state index contributed by atoms with van der Waals surface area (Å²) in [5, 5.41) is 0. The van der Waals surface area contributed by atoms with Gasteiger partial charge in [-0.05, 0) is 18.5 Å². The Bertz CT molecular complexity index is 193. The summed E-state index contributed by atoms with van der Waals surface area (Å²) in [5.41, 5.74) is 5.24. The van der Waals surface area contributed by atoms with Gasteiger partial charge in [0.15, 0.2) is 0 Å². The van der Waals surface area contributed by atoms with Gasteiger partial charge >= 0.3 is 0 Å². The van der Waals surface area contributed by atoms with Crippen LogP contribution in [0.15, 0.2) is 48.7 Å². The van der Waals surface area contributed by atoms with Crippen molar-refractivity contribution in [2.75, 3.05) is 0 Å². The van der Waals surface area contributed by atoms with Gasteiger partial charge in [0.05, 0.1) is 0 Å². The lowest BCUT2D eigenvalue weighted by Crippen LogP contribution is -1.89. The Labute approximate surface area is 67.6 Å². The third-order valence-electron chi connectivity index (χ3n) is 1.59. The fourth-order valence-electron chi connectivity index (χ4n) is 0.999. The van der Waals surface area contributed by atoms with Crippen LogP contribution in [0.1, 0.15) is 6.42 Å². The number of allylic oxidation sites excluding steroid dienone is 7. The van der Waals surface area contributed by atoms with Crippen LogP contribution in [0.25, 0.3) is 0 Å². The quantitative estimate of drug-likeness (QED) is 0.636. The lowest BCUT2D eigenvalue weighted by atomic mass is 10.1. The van der Waals surface area contributed by atoms with E-state index in [9.17, 15) is 0 Å².